The Kier molecular flexibility index (Phi) is 4.45. The van der Waals surface area contributed by atoms with E-state index in [4.69, 9.17) is 5.11 Å². The fraction of sp³-hybridized carbons (Fsp3) is 0.500. The van der Waals surface area contributed by atoms with Crippen LogP contribution >= 0.6 is 0 Å². The van der Waals surface area contributed by atoms with Crippen LogP contribution in [0, 0.1) is 11.8 Å². The van der Waals surface area contributed by atoms with Crippen molar-refractivity contribution < 1.29 is 18.3 Å². The van der Waals surface area contributed by atoms with Crippen LogP contribution in [0.1, 0.15) is 25.3 Å². The lowest BCUT2D eigenvalue weighted by Crippen LogP contribution is -2.26. The molecule has 0 unspecified atom stereocenters. The average Bonchev–Trinajstić information content (AvgIpc) is 3.17. The summed E-state index contributed by atoms with van der Waals surface area (Å²) >= 11 is 0. The number of nitrogens with one attached hydrogen (secondary N) is 1. The van der Waals surface area contributed by atoms with Crippen molar-refractivity contribution in [3.05, 3.63) is 29.8 Å². The summed E-state index contributed by atoms with van der Waals surface area (Å²) in [6.07, 6.45) is 2.35. The Morgan fingerprint density at radius 2 is 2.20 bits per heavy atom. The Labute approximate surface area is 119 Å². The van der Waals surface area contributed by atoms with Crippen LogP contribution in [-0.2, 0) is 21.2 Å². The van der Waals surface area contributed by atoms with E-state index >= 15 is 0 Å². The third-order valence-corrected chi connectivity index (χ3v) is 4.94. The van der Waals surface area contributed by atoms with Crippen LogP contribution < -0.4 is 4.72 Å². The molecule has 0 heterocycles. The van der Waals surface area contributed by atoms with Gasteiger partial charge in [0.2, 0.25) is 10.0 Å². The fourth-order valence-corrected chi connectivity index (χ4v) is 3.40. The highest BCUT2D eigenvalue weighted by Gasteiger charge is 2.43. The molecule has 1 saturated carbocycles. The van der Waals surface area contributed by atoms with E-state index in [1.165, 1.54) is 0 Å². The first kappa shape index (κ1) is 15.0. The zero-order chi connectivity index (χ0) is 14.8. The van der Waals surface area contributed by atoms with Gasteiger partial charge in [0, 0.05) is 6.54 Å². The molecule has 0 saturated heterocycles. The van der Waals surface area contributed by atoms with Crippen LogP contribution in [0.25, 0.3) is 0 Å². The number of aliphatic carboxylic acids is 1. The van der Waals surface area contributed by atoms with Gasteiger partial charge in [0.15, 0.2) is 0 Å². The summed E-state index contributed by atoms with van der Waals surface area (Å²) < 4.78 is 26.8. The molecule has 1 aliphatic carbocycles. The van der Waals surface area contributed by atoms with E-state index in [0.717, 1.165) is 18.4 Å². The van der Waals surface area contributed by atoms with Gasteiger partial charge in [-0.2, -0.15) is 0 Å². The molecule has 110 valence electrons. The number of sulfonamides is 1. The molecule has 0 aliphatic heterocycles. The molecule has 6 heteroatoms. The quantitative estimate of drug-likeness (QED) is 0.801. The molecular formula is C14H19NO4S. The lowest BCUT2D eigenvalue weighted by molar-refractivity contribution is -0.138. The summed E-state index contributed by atoms with van der Waals surface area (Å²) in [5.74, 6) is -1.33. The Hall–Kier alpha value is -1.40. The van der Waals surface area contributed by atoms with Crippen LogP contribution in [-0.4, -0.2) is 26.0 Å². The largest absolute Gasteiger partial charge is 0.481 e. The van der Waals surface area contributed by atoms with Gasteiger partial charge in [-0.1, -0.05) is 25.5 Å². The molecule has 1 aliphatic rings. The van der Waals surface area contributed by atoms with Crippen LogP contribution in [0.15, 0.2) is 29.2 Å². The highest BCUT2D eigenvalue weighted by Crippen LogP contribution is 2.38. The first-order valence-electron chi connectivity index (χ1n) is 6.75. The number of hydrogen-bond acceptors (Lipinski definition) is 3. The molecule has 2 N–H and O–H groups in total. The van der Waals surface area contributed by atoms with Crippen molar-refractivity contribution in [1.29, 1.82) is 0 Å². The van der Waals surface area contributed by atoms with Crippen molar-refractivity contribution in [1.82, 2.24) is 4.72 Å². The van der Waals surface area contributed by atoms with Crippen molar-refractivity contribution in [3.63, 3.8) is 0 Å². The zero-order valence-corrected chi connectivity index (χ0v) is 12.2. The molecule has 1 aromatic rings. The molecule has 1 fully saturated rings. The zero-order valence-electron chi connectivity index (χ0n) is 11.4. The van der Waals surface area contributed by atoms with E-state index in [9.17, 15) is 13.2 Å². The van der Waals surface area contributed by atoms with Gasteiger partial charge in [0.25, 0.3) is 0 Å². The molecule has 0 aromatic heterocycles. The number of carboxylic acid groups (broad SMARTS) is 1. The fourth-order valence-electron chi connectivity index (χ4n) is 2.23. The van der Waals surface area contributed by atoms with Crippen molar-refractivity contribution in [3.8, 4) is 0 Å². The van der Waals surface area contributed by atoms with Crippen LogP contribution in [0.2, 0.25) is 0 Å². The molecule has 0 spiro atoms. The number of carboxylic acids is 1. The van der Waals surface area contributed by atoms with Gasteiger partial charge in [0.1, 0.15) is 0 Å². The van der Waals surface area contributed by atoms with Crippen LogP contribution in [0.3, 0.4) is 0 Å². The van der Waals surface area contributed by atoms with E-state index in [2.05, 4.69) is 4.72 Å². The van der Waals surface area contributed by atoms with E-state index in [-0.39, 0.29) is 17.4 Å². The number of rotatable bonds is 7. The summed E-state index contributed by atoms with van der Waals surface area (Å²) in [7, 11) is -3.55. The first-order chi connectivity index (χ1) is 9.44. The molecule has 0 radical (unpaired) electrons. The van der Waals surface area contributed by atoms with Gasteiger partial charge in [-0.05, 0) is 36.5 Å². The van der Waals surface area contributed by atoms with E-state index in [1.54, 1.807) is 18.2 Å². The monoisotopic (exact) mass is 297 g/mol. The molecule has 2 atom stereocenters. The van der Waals surface area contributed by atoms with Gasteiger partial charge in [-0.3, -0.25) is 4.79 Å². The maximum Gasteiger partial charge on any atom is 0.306 e. The molecular weight excluding hydrogens is 278 g/mol. The van der Waals surface area contributed by atoms with Gasteiger partial charge >= 0.3 is 5.97 Å². The molecule has 2 rings (SSSR count). The Morgan fingerprint density at radius 3 is 2.80 bits per heavy atom. The van der Waals surface area contributed by atoms with Gasteiger partial charge < -0.3 is 5.11 Å². The van der Waals surface area contributed by atoms with Gasteiger partial charge in [0.05, 0.1) is 10.8 Å². The lowest BCUT2D eigenvalue weighted by atomic mass is 10.1. The standard InChI is InChI=1S/C14H19NO4S/c1-2-4-10-5-3-6-12(7-10)20(18,19)15-9-11-8-13(11)14(16)17/h3,5-7,11,13,15H,2,4,8-9H2,1H3,(H,16,17)/t11-,13+/m0/s1. The molecule has 20 heavy (non-hydrogen) atoms. The van der Waals surface area contributed by atoms with Crippen LogP contribution in [0.4, 0.5) is 0 Å². The Balaban J connectivity index is 2.00. The molecule has 0 bridgehead atoms. The van der Waals surface area contributed by atoms with Crippen LogP contribution in [0.5, 0.6) is 0 Å². The first-order valence-corrected chi connectivity index (χ1v) is 8.23. The topological polar surface area (TPSA) is 83.5 Å². The predicted octanol–water partition coefficient (Wildman–Crippen LogP) is 1.64. The maximum absolute atomic E-state index is 12.1. The normalized spacial score (nSPS) is 21.6. The van der Waals surface area contributed by atoms with Crippen molar-refractivity contribution in [2.45, 2.75) is 31.1 Å². The highest BCUT2D eigenvalue weighted by atomic mass is 32.2. The average molecular weight is 297 g/mol. The third-order valence-electron chi connectivity index (χ3n) is 3.52. The summed E-state index contributed by atoms with van der Waals surface area (Å²) in [4.78, 5) is 11.0. The molecule has 5 nitrogen and oxygen atoms in total. The smallest absolute Gasteiger partial charge is 0.306 e. The van der Waals surface area contributed by atoms with E-state index < -0.39 is 21.9 Å². The molecule has 0 amide bonds. The van der Waals surface area contributed by atoms with Crippen molar-refractivity contribution in [2.75, 3.05) is 6.54 Å². The highest BCUT2D eigenvalue weighted by molar-refractivity contribution is 7.89. The van der Waals surface area contributed by atoms with Crippen molar-refractivity contribution in [2.24, 2.45) is 11.8 Å². The lowest BCUT2D eigenvalue weighted by Gasteiger charge is -2.07. The number of hydrogen-bond donors (Lipinski definition) is 2. The summed E-state index contributed by atoms with van der Waals surface area (Å²) in [6, 6.07) is 6.87. The number of carbonyl (C=O) groups is 1. The predicted molar refractivity (Wildman–Crippen MR) is 74.9 cm³/mol. The minimum absolute atomic E-state index is 0.0823. The second kappa shape index (κ2) is 5.93. The van der Waals surface area contributed by atoms with Crippen molar-refractivity contribution >= 4 is 16.0 Å². The maximum atomic E-state index is 12.1. The summed E-state index contributed by atoms with van der Waals surface area (Å²) in [5.41, 5.74) is 0.991. The van der Waals surface area contributed by atoms with E-state index in [0.29, 0.717) is 6.42 Å². The summed E-state index contributed by atoms with van der Waals surface area (Å²) in [6.45, 7) is 2.23. The minimum Gasteiger partial charge on any atom is -0.481 e. The minimum atomic E-state index is -3.55. The van der Waals surface area contributed by atoms with Gasteiger partial charge in [-0.25, -0.2) is 13.1 Å². The summed E-state index contributed by atoms with van der Waals surface area (Å²) in [5, 5.41) is 8.79. The Morgan fingerprint density at radius 1 is 1.45 bits per heavy atom. The SMILES string of the molecule is CCCc1cccc(S(=O)(=O)NC[C@@H]2C[C@H]2C(=O)O)c1. The Bertz CT molecular complexity index is 597. The molecule has 1 aromatic carbocycles. The number of benzene rings is 1. The second-order valence-corrected chi connectivity index (χ2v) is 6.96. The third kappa shape index (κ3) is 3.58. The second-order valence-electron chi connectivity index (χ2n) is 5.19. The number of aryl methyl sites for hydroxylation is 1. The van der Waals surface area contributed by atoms with E-state index in [1.807, 2.05) is 13.0 Å². The van der Waals surface area contributed by atoms with Gasteiger partial charge in [-0.15, -0.1) is 0 Å².